The van der Waals surface area contributed by atoms with Gasteiger partial charge in [-0.25, -0.2) is 17.2 Å². The van der Waals surface area contributed by atoms with Gasteiger partial charge in [0.25, 0.3) is 0 Å². The molecule has 0 aromatic carbocycles. The molecule has 1 saturated carbocycles. The molecule has 1 aliphatic carbocycles. The summed E-state index contributed by atoms with van der Waals surface area (Å²) in [4.78, 5) is 52.0. The fraction of sp³-hybridized carbons (Fsp3) is 0.760. The highest BCUT2D eigenvalue weighted by atomic mass is 32.2. The van der Waals surface area contributed by atoms with Gasteiger partial charge >= 0.3 is 12.1 Å². The van der Waals surface area contributed by atoms with Crippen molar-refractivity contribution in [3.8, 4) is 0 Å². The van der Waals surface area contributed by atoms with E-state index in [-0.39, 0.29) is 19.4 Å². The van der Waals surface area contributed by atoms with Crippen LogP contribution < -0.4 is 16.0 Å². The summed E-state index contributed by atoms with van der Waals surface area (Å²) in [5.41, 5.74) is -1.31. The molecule has 42 heavy (non-hydrogen) atoms. The molecule has 2 heterocycles. The van der Waals surface area contributed by atoms with E-state index >= 15 is 0 Å². The van der Waals surface area contributed by atoms with Crippen molar-refractivity contribution in [3.05, 3.63) is 11.2 Å². The number of rotatable bonds is 8. The molecule has 0 spiro atoms. The molecule has 3 rings (SSSR count). The zero-order chi connectivity index (χ0) is 32.0. The Labute approximate surface area is 238 Å². The first-order chi connectivity index (χ1) is 19.0. The predicted octanol–water partition coefficient (Wildman–Crippen LogP) is 1.82. The second-order valence-corrected chi connectivity index (χ2v) is 14.2. The number of alkyl halides is 5. The van der Waals surface area contributed by atoms with Gasteiger partial charge in [0.15, 0.2) is 0 Å². The van der Waals surface area contributed by atoms with Crippen LogP contribution >= 0.6 is 0 Å². The lowest BCUT2D eigenvalue weighted by Gasteiger charge is -2.37. The third kappa shape index (κ3) is 7.75. The van der Waals surface area contributed by atoms with Crippen molar-refractivity contribution >= 4 is 33.5 Å². The minimum Gasteiger partial charge on any atom is -0.356 e. The second-order valence-electron chi connectivity index (χ2n) is 12.3. The fourth-order valence-electron chi connectivity index (χ4n) is 5.78. The number of sulfone groups is 1. The summed E-state index contributed by atoms with van der Waals surface area (Å²) in [6.07, 6.45) is -5.67. The lowest BCUT2D eigenvalue weighted by Crippen LogP contribution is -2.60. The first-order valence-electron chi connectivity index (χ1n) is 13.2. The Morgan fingerprint density at radius 2 is 1.76 bits per heavy atom. The highest BCUT2D eigenvalue weighted by molar-refractivity contribution is 7.94. The zero-order valence-electron chi connectivity index (χ0n) is 23.4. The number of carbonyl (C=O) groups excluding carboxylic acids is 4. The van der Waals surface area contributed by atoms with Crippen LogP contribution in [0, 0.1) is 23.2 Å². The number of nitrogens with zero attached hydrogens (tertiary/aromatic N) is 1. The monoisotopic (exact) mass is 632 g/mol. The van der Waals surface area contributed by atoms with E-state index in [0.717, 1.165) is 4.90 Å². The number of hydrogen-bond donors (Lipinski definition) is 3. The second kappa shape index (κ2) is 11.7. The van der Waals surface area contributed by atoms with Crippen LogP contribution in [0.1, 0.15) is 46.5 Å². The number of likely N-dealkylation sites (tertiary alicyclic amines) is 1. The van der Waals surface area contributed by atoms with Crippen molar-refractivity contribution in [1.82, 2.24) is 20.9 Å². The largest absolute Gasteiger partial charge is 0.471 e. The summed E-state index contributed by atoms with van der Waals surface area (Å²) >= 11 is 0. The molecular weight excluding hydrogens is 598 g/mol. The summed E-state index contributed by atoms with van der Waals surface area (Å²) < 4.78 is 106. The lowest BCUT2D eigenvalue weighted by atomic mass is 9.85. The highest BCUT2D eigenvalue weighted by Crippen LogP contribution is 2.50. The van der Waals surface area contributed by atoms with Crippen molar-refractivity contribution < 1.29 is 53.9 Å². The molecule has 2 saturated heterocycles. The average molecular weight is 633 g/mol. The summed E-state index contributed by atoms with van der Waals surface area (Å²) in [5.74, 6) is -11.0. The van der Waals surface area contributed by atoms with Crippen molar-refractivity contribution in [2.24, 2.45) is 23.2 Å². The Morgan fingerprint density at radius 1 is 1.14 bits per heavy atom. The number of nitrogens with one attached hydrogen (secondary N) is 3. The summed E-state index contributed by atoms with van der Waals surface area (Å²) in [5, 5.41) is 4.95. The molecule has 0 radical (unpaired) electrons. The summed E-state index contributed by atoms with van der Waals surface area (Å²) in [7, 11) is -4.36. The molecule has 238 valence electrons. The number of carbonyl (C=O) groups is 4. The minimum absolute atomic E-state index is 0.252. The molecule has 17 heteroatoms. The van der Waals surface area contributed by atoms with Gasteiger partial charge in [0.1, 0.15) is 12.1 Å². The van der Waals surface area contributed by atoms with Crippen LogP contribution in [0.4, 0.5) is 26.3 Å². The number of halogens is 6. The Hall–Kier alpha value is -2.85. The molecule has 0 unspecified atom stereocenters. The van der Waals surface area contributed by atoms with Gasteiger partial charge < -0.3 is 20.9 Å². The van der Waals surface area contributed by atoms with E-state index in [1.807, 2.05) is 0 Å². The van der Waals surface area contributed by atoms with E-state index in [9.17, 15) is 53.9 Å². The topological polar surface area (TPSA) is 142 Å². The Morgan fingerprint density at radius 3 is 2.26 bits per heavy atom. The van der Waals surface area contributed by atoms with Crippen molar-refractivity contribution in [2.75, 3.05) is 19.3 Å². The van der Waals surface area contributed by atoms with E-state index in [1.165, 1.54) is 20.8 Å². The van der Waals surface area contributed by atoms with Gasteiger partial charge in [-0.05, 0) is 36.2 Å². The van der Waals surface area contributed by atoms with Crippen LogP contribution in [-0.4, -0.2) is 86.5 Å². The lowest BCUT2D eigenvalue weighted by molar-refractivity contribution is -0.176. The van der Waals surface area contributed by atoms with Gasteiger partial charge in [0.2, 0.25) is 38.6 Å². The minimum atomic E-state index is -5.33. The summed E-state index contributed by atoms with van der Waals surface area (Å²) in [6.45, 7) is 3.97. The fourth-order valence-corrected chi connectivity index (χ4v) is 6.19. The van der Waals surface area contributed by atoms with E-state index in [4.69, 9.17) is 0 Å². The molecule has 3 aliphatic rings. The molecule has 0 aromatic rings. The Balaban J connectivity index is 1.97. The molecule has 0 aromatic heterocycles. The molecular formula is C25H34F6N4O6S. The molecule has 2 aliphatic heterocycles. The third-order valence-corrected chi connectivity index (χ3v) is 8.63. The van der Waals surface area contributed by atoms with Crippen LogP contribution in [0.5, 0.6) is 0 Å². The van der Waals surface area contributed by atoms with E-state index < -0.39 is 111 Å². The predicted molar refractivity (Wildman–Crippen MR) is 136 cm³/mol. The average Bonchev–Trinajstić information content (AvgIpc) is 3.45. The molecule has 3 N–H and O–H groups in total. The van der Waals surface area contributed by atoms with Gasteiger partial charge in [-0.15, -0.1) is 0 Å². The normalized spacial score (nSPS) is 27.7. The standard InChI is InChI=1S/C25H34F6N4O6S/c1-23(2,3)18(34-22(39)25(29,30)31)21(38)35-11-13-9-24(27,28)10-15(13)17(35)20(37)33-14(8-16(26)42(4,40)41)7-12-5-6-32-19(12)36/h8,12-15,17-18H,5-7,9-11H2,1-4H3,(H,32,36)(H,33,37)(H,34,39)/b16-8+/t12-,13+,14-,15+,17+,18-/m1/s1. The quantitative estimate of drug-likeness (QED) is 0.349. The third-order valence-electron chi connectivity index (χ3n) is 7.79. The maximum atomic E-state index is 14.5. The molecule has 10 nitrogen and oxygen atoms in total. The maximum absolute atomic E-state index is 14.5. The first kappa shape index (κ1) is 33.6. The van der Waals surface area contributed by atoms with E-state index in [2.05, 4.69) is 10.6 Å². The number of fused-ring (bicyclic) bond motifs is 1. The van der Waals surface area contributed by atoms with Crippen LogP contribution in [0.15, 0.2) is 11.2 Å². The number of amides is 4. The Bertz CT molecular complexity index is 1250. The molecule has 3 fully saturated rings. The van der Waals surface area contributed by atoms with Gasteiger partial charge in [-0.1, -0.05) is 20.8 Å². The van der Waals surface area contributed by atoms with Crippen molar-refractivity contribution in [2.45, 2.75) is 76.7 Å². The summed E-state index contributed by atoms with van der Waals surface area (Å²) in [6, 6.07) is -4.87. The first-order valence-corrected chi connectivity index (χ1v) is 15.1. The van der Waals surface area contributed by atoms with E-state index in [0.29, 0.717) is 12.3 Å². The van der Waals surface area contributed by atoms with Crippen molar-refractivity contribution in [1.29, 1.82) is 0 Å². The molecule has 0 bridgehead atoms. The van der Waals surface area contributed by atoms with E-state index in [1.54, 1.807) is 5.32 Å². The maximum Gasteiger partial charge on any atom is 0.471 e. The van der Waals surface area contributed by atoms with Crippen LogP contribution in [0.2, 0.25) is 0 Å². The van der Waals surface area contributed by atoms with Gasteiger partial charge in [-0.3, -0.25) is 19.2 Å². The SMILES string of the molecule is CC(C)(C)[C@H](NC(=O)C(F)(F)F)C(=O)N1C[C@@H]2CC(F)(F)C[C@@H]2[C@H]1C(=O)N[C@@H](/C=C(\F)S(C)(=O)=O)C[C@H]1CCNC1=O. The van der Waals surface area contributed by atoms with Crippen molar-refractivity contribution in [3.63, 3.8) is 0 Å². The van der Waals surface area contributed by atoms with Gasteiger partial charge in [0, 0.05) is 38.1 Å². The highest BCUT2D eigenvalue weighted by Gasteiger charge is 2.59. The number of hydrogen-bond acceptors (Lipinski definition) is 6. The van der Waals surface area contributed by atoms with Crippen LogP contribution in [0.25, 0.3) is 0 Å². The Kier molecular flexibility index (Phi) is 9.36. The smallest absolute Gasteiger partial charge is 0.356 e. The van der Waals surface area contributed by atoms with Gasteiger partial charge in [-0.2, -0.15) is 17.6 Å². The van der Waals surface area contributed by atoms with Crippen LogP contribution in [-0.2, 0) is 29.0 Å². The zero-order valence-corrected chi connectivity index (χ0v) is 24.2. The van der Waals surface area contributed by atoms with Gasteiger partial charge in [0.05, 0.1) is 6.04 Å². The van der Waals surface area contributed by atoms with Crippen LogP contribution in [0.3, 0.4) is 0 Å². The molecule has 6 atom stereocenters. The molecule has 4 amide bonds.